The van der Waals surface area contributed by atoms with Gasteiger partial charge in [-0.1, -0.05) is 34.8 Å². The summed E-state index contributed by atoms with van der Waals surface area (Å²) in [5.74, 6) is 0.581. The van der Waals surface area contributed by atoms with E-state index in [0.717, 1.165) is 17.1 Å². The fraction of sp³-hybridized carbons (Fsp3) is 0.100. The van der Waals surface area contributed by atoms with Gasteiger partial charge in [0, 0.05) is 17.1 Å². The summed E-state index contributed by atoms with van der Waals surface area (Å²) in [5.41, 5.74) is 7.30. The topological polar surface area (TPSA) is 95.4 Å². The predicted molar refractivity (Wildman–Crippen MR) is 66.7 cm³/mol. The lowest BCUT2D eigenvalue weighted by Crippen LogP contribution is -2.06. The molecular formula is C10H9N7S. The lowest BCUT2D eigenvalue weighted by molar-refractivity contribution is 0.564. The molecule has 7 nitrogen and oxygen atoms in total. The predicted octanol–water partition coefficient (Wildman–Crippen LogP) is 0.822. The second kappa shape index (κ2) is 4.49. The average molecular weight is 259 g/mol. The quantitative estimate of drug-likeness (QED) is 0.748. The van der Waals surface area contributed by atoms with Crippen molar-refractivity contribution in [3.8, 4) is 11.4 Å². The van der Waals surface area contributed by atoms with Crippen LogP contribution in [-0.4, -0.2) is 29.8 Å². The molecule has 1 aromatic carbocycles. The third-order valence-corrected chi connectivity index (χ3v) is 2.96. The Hall–Kier alpha value is -2.35. The lowest BCUT2D eigenvalue weighted by atomic mass is 10.2. The summed E-state index contributed by atoms with van der Waals surface area (Å²) in [7, 11) is 0. The van der Waals surface area contributed by atoms with E-state index in [1.165, 1.54) is 4.80 Å². The van der Waals surface area contributed by atoms with E-state index in [0.29, 0.717) is 23.1 Å². The van der Waals surface area contributed by atoms with Gasteiger partial charge in [-0.2, -0.15) is 4.80 Å². The SMILES string of the molecule is Nc1snnc1Cn1nnc(-c2ccccc2)n1. The molecule has 2 heterocycles. The molecule has 0 aliphatic carbocycles. The van der Waals surface area contributed by atoms with Crippen molar-refractivity contribution < 1.29 is 0 Å². The minimum Gasteiger partial charge on any atom is -0.388 e. The van der Waals surface area contributed by atoms with Gasteiger partial charge < -0.3 is 5.73 Å². The molecule has 18 heavy (non-hydrogen) atoms. The Labute approximate surface area is 106 Å². The Kier molecular flexibility index (Phi) is 2.69. The van der Waals surface area contributed by atoms with E-state index in [2.05, 4.69) is 25.0 Å². The molecule has 0 bridgehead atoms. The molecule has 8 heteroatoms. The van der Waals surface area contributed by atoms with Gasteiger partial charge in [-0.15, -0.1) is 15.3 Å². The molecule has 90 valence electrons. The first-order valence-corrected chi connectivity index (χ1v) is 6.00. The van der Waals surface area contributed by atoms with Crippen LogP contribution >= 0.6 is 11.5 Å². The zero-order valence-corrected chi connectivity index (χ0v) is 10.1. The highest BCUT2D eigenvalue weighted by atomic mass is 32.1. The highest BCUT2D eigenvalue weighted by Crippen LogP contribution is 2.15. The molecule has 0 amide bonds. The van der Waals surface area contributed by atoms with Crippen LogP contribution in [0.2, 0.25) is 0 Å². The minimum absolute atomic E-state index is 0.377. The van der Waals surface area contributed by atoms with Crippen LogP contribution in [0.15, 0.2) is 30.3 Å². The van der Waals surface area contributed by atoms with Crippen LogP contribution in [0.4, 0.5) is 5.00 Å². The molecule has 0 fully saturated rings. The van der Waals surface area contributed by atoms with Gasteiger partial charge in [-0.05, 0) is 5.21 Å². The van der Waals surface area contributed by atoms with Gasteiger partial charge in [-0.25, -0.2) is 0 Å². The van der Waals surface area contributed by atoms with E-state index < -0.39 is 0 Å². The largest absolute Gasteiger partial charge is 0.388 e. The molecule has 2 N–H and O–H groups in total. The molecular weight excluding hydrogens is 250 g/mol. The zero-order chi connectivity index (χ0) is 12.4. The zero-order valence-electron chi connectivity index (χ0n) is 9.26. The number of rotatable bonds is 3. The molecule has 3 rings (SSSR count). The second-order valence-electron chi connectivity index (χ2n) is 3.59. The molecule has 0 saturated heterocycles. The van der Waals surface area contributed by atoms with Gasteiger partial charge in [0.15, 0.2) is 0 Å². The monoisotopic (exact) mass is 259 g/mol. The normalized spacial score (nSPS) is 10.7. The maximum absolute atomic E-state index is 5.71. The molecule has 0 radical (unpaired) electrons. The van der Waals surface area contributed by atoms with Crippen LogP contribution < -0.4 is 5.73 Å². The van der Waals surface area contributed by atoms with Crippen molar-refractivity contribution in [2.45, 2.75) is 6.54 Å². The van der Waals surface area contributed by atoms with Crippen molar-refractivity contribution in [3.05, 3.63) is 36.0 Å². The summed E-state index contributed by atoms with van der Waals surface area (Å²) < 4.78 is 3.76. The second-order valence-corrected chi connectivity index (χ2v) is 4.38. The van der Waals surface area contributed by atoms with Crippen LogP contribution in [0.1, 0.15) is 5.69 Å². The van der Waals surface area contributed by atoms with Crippen LogP contribution in [0.5, 0.6) is 0 Å². The summed E-state index contributed by atoms with van der Waals surface area (Å²) in [6, 6.07) is 9.66. The van der Waals surface area contributed by atoms with E-state index in [9.17, 15) is 0 Å². The first-order valence-electron chi connectivity index (χ1n) is 5.23. The number of aromatic nitrogens is 6. The van der Waals surface area contributed by atoms with Gasteiger partial charge in [0.05, 0.1) is 0 Å². The molecule has 0 aliphatic heterocycles. The van der Waals surface area contributed by atoms with Gasteiger partial charge in [0.2, 0.25) is 5.82 Å². The van der Waals surface area contributed by atoms with Gasteiger partial charge in [-0.3, -0.25) is 0 Å². The van der Waals surface area contributed by atoms with E-state index >= 15 is 0 Å². The summed E-state index contributed by atoms with van der Waals surface area (Å²) in [4.78, 5) is 1.45. The fourth-order valence-corrected chi connectivity index (χ4v) is 1.91. The first-order chi connectivity index (χ1) is 8.83. The van der Waals surface area contributed by atoms with Crippen molar-refractivity contribution in [2.75, 3.05) is 5.73 Å². The Morgan fingerprint density at radius 1 is 1.17 bits per heavy atom. The number of tetrazole rings is 1. The highest BCUT2D eigenvalue weighted by molar-refractivity contribution is 7.09. The molecule has 0 atom stereocenters. The van der Waals surface area contributed by atoms with E-state index in [1.54, 1.807) is 0 Å². The van der Waals surface area contributed by atoms with E-state index in [-0.39, 0.29) is 0 Å². The number of anilines is 1. The summed E-state index contributed by atoms with van der Waals surface area (Å²) in [6.45, 7) is 0.377. The number of nitrogens with zero attached hydrogens (tertiary/aromatic N) is 6. The number of hydrogen-bond acceptors (Lipinski definition) is 7. The van der Waals surface area contributed by atoms with Crippen molar-refractivity contribution in [1.29, 1.82) is 0 Å². The van der Waals surface area contributed by atoms with Crippen molar-refractivity contribution in [3.63, 3.8) is 0 Å². The van der Waals surface area contributed by atoms with Crippen LogP contribution in [-0.2, 0) is 6.54 Å². The summed E-state index contributed by atoms with van der Waals surface area (Å²) in [5, 5.41) is 16.7. The smallest absolute Gasteiger partial charge is 0.204 e. The Morgan fingerprint density at radius 2 is 2.00 bits per heavy atom. The van der Waals surface area contributed by atoms with Gasteiger partial charge in [0.25, 0.3) is 0 Å². The molecule has 0 unspecified atom stereocenters. The maximum Gasteiger partial charge on any atom is 0.204 e. The van der Waals surface area contributed by atoms with Crippen molar-refractivity contribution >= 4 is 16.5 Å². The highest BCUT2D eigenvalue weighted by Gasteiger charge is 2.09. The molecule has 0 spiro atoms. The maximum atomic E-state index is 5.71. The third-order valence-electron chi connectivity index (χ3n) is 2.36. The van der Waals surface area contributed by atoms with Crippen molar-refractivity contribution in [1.82, 2.24) is 29.8 Å². The Bertz CT molecular complexity index is 645. The Balaban J connectivity index is 1.84. The van der Waals surface area contributed by atoms with Gasteiger partial charge in [0.1, 0.15) is 17.2 Å². The third kappa shape index (κ3) is 2.05. The standard InChI is InChI=1S/C10H9N7S/c11-9-8(12-16-18-9)6-17-14-10(13-15-17)7-4-2-1-3-5-7/h1-5H,6,11H2. The van der Waals surface area contributed by atoms with Crippen LogP contribution in [0.25, 0.3) is 11.4 Å². The molecule has 0 saturated carbocycles. The molecule has 0 aliphatic rings. The molecule has 2 aromatic heterocycles. The number of nitrogens with two attached hydrogens (primary N) is 1. The van der Waals surface area contributed by atoms with E-state index in [1.807, 2.05) is 30.3 Å². The van der Waals surface area contributed by atoms with E-state index in [4.69, 9.17) is 5.73 Å². The Morgan fingerprint density at radius 3 is 2.72 bits per heavy atom. The first kappa shape index (κ1) is 10.8. The van der Waals surface area contributed by atoms with Gasteiger partial charge >= 0.3 is 0 Å². The van der Waals surface area contributed by atoms with Crippen LogP contribution in [0.3, 0.4) is 0 Å². The minimum atomic E-state index is 0.377. The van der Waals surface area contributed by atoms with Crippen molar-refractivity contribution in [2.24, 2.45) is 0 Å². The summed E-state index contributed by atoms with van der Waals surface area (Å²) >= 11 is 1.15. The number of nitrogen functional groups attached to an aromatic ring is 1. The number of benzene rings is 1. The molecule has 3 aromatic rings. The van der Waals surface area contributed by atoms with Crippen LogP contribution in [0, 0.1) is 0 Å². The lowest BCUT2D eigenvalue weighted by Gasteiger charge is -1.95. The fourth-order valence-electron chi connectivity index (χ4n) is 1.47. The average Bonchev–Trinajstić information content (AvgIpc) is 3.02. The number of hydrogen-bond donors (Lipinski definition) is 1. The summed E-state index contributed by atoms with van der Waals surface area (Å²) in [6.07, 6.45) is 0.